The van der Waals surface area contributed by atoms with E-state index in [1.165, 1.54) is 26.4 Å². The number of carbonyl (C=O) groups is 1. The molecule has 1 aliphatic rings. The van der Waals surface area contributed by atoms with Crippen molar-refractivity contribution in [2.75, 3.05) is 7.11 Å². The van der Waals surface area contributed by atoms with Gasteiger partial charge in [-0.05, 0) is 18.4 Å². The van der Waals surface area contributed by atoms with Crippen LogP contribution in [0, 0.1) is 0 Å². The molecule has 21 heavy (non-hydrogen) atoms. The molecule has 0 spiro atoms. The van der Waals surface area contributed by atoms with Crippen molar-refractivity contribution in [3.8, 4) is 0 Å². The van der Waals surface area contributed by atoms with Gasteiger partial charge in [-0.1, -0.05) is 49.6 Å². The van der Waals surface area contributed by atoms with Gasteiger partial charge in [0.1, 0.15) is 0 Å². The molecule has 0 amide bonds. The number of carbonyl (C=O) groups excluding carboxylic acids is 1. The Hall–Kier alpha value is -2.04. The molecule has 0 saturated heterocycles. The van der Waals surface area contributed by atoms with Gasteiger partial charge in [0, 0.05) is 0 Å². The summed E-state index contributed by atoms with van der Waals surface area (Å²) in [6.45, 7) is 0. The summed E-state index contributed by atoms with van der Waals surface area (Å²) < 4.78 is 4.85. The van der Waals surface area contributed by atoms with Crippen molar-refractivity contribution in [2.24, 2.45) is 10.7 Å². The van der Waals surface area contributed by atoms with E-state index in [1.54, 1.807) is 0 Å². The van der Waals surface area contributed by atoms with Crippen molar-refractivity contribution in [3.63, 3.8) is 0 Å². The van der Waals surface area contributed by atoms with Gasteiger partial charge in [-0.25, -0.2) is 4.79 Å². The fourth-order valence-corrected chi connectivity index (χ4v) is 2.63. The summed E-state index contributed by atoms with van der Waals surface area (Å²) in [5.74, 6) is -0.0656. The smallest absolute Gasteiger partial charge is 0.333 e. The van der Waals surface area contributed by atoms with Crippen LogP contribution in [0.25, 0.3) is 0 Å². The van der Waals surface area contributed by atoms with Crippen LogP contribution in [0.3, 0.4) is 0 Å². The minimum atomic E-state index is -0.622. The third-order valence-electron chi connectivity index (χ3n) is 3.76. The lowest BCUT2D eigenvalue weighted by molar-refractivity contribution is -0.142. The molecule has 5 heteroatoms. The predicted octanol–water partition coefficient (Wildman–Crippen LogP) is 2.14. The van der Waals surface area contributed by atoms with Crippen LogP contribution in [0.5, 0.6) is 0 Å². The summed E-state index contributed by atoms with van der Waals surface area (Å²) in [6, 6.07) is 9.02. The molecule has 1 aromatic carbocycles. The molecule has 0 aromatic heterocycles. The fourth-order valence-electron chi connectivity index (χ4n) is 2.63. The van der Waals surface area contributed by atoms with E-state index in [9.17, 15) is 4.79 Å². The molecule has 0 bridgehead atoms. The van der Waals surface area contributed by atoms with Gasteiger partial charge in [-0.2, -0.15) is 0 Å². The second-order valence-corrected chi connectivity index (χ2v) is 5.32. The summed E-state index contributed by atoms with van der Waals surface area (Å²) in [5, 5.41) is 2.98. The molecule has 114 valence electrons. The van der Waals surface area contributed by atoms with Gasteiger partial charge in [0.05, 0.1) is 13.2 Å². The molecule has 1 aliphatic carbocycles. The first-order valence-electron chi connectivity index (χ1n) is 7.43. The number of ether oxygens (including phenoxy) is 1. The maximum Gasteiger partial charge on any atom is 0.333 e. The van der Waals surface area contributed by atoms with Gasteiger partial charge < -0.3 is 15.8 Å². The van der Waals surface area contributed by atoms with Gasteiger partial charge >= 0.3 is 5.97 Å². The normalized spacial score (nSPS) is 18.0. The lowest BCUT2D eigenvalue weighted by Crippen LogP contribution is -2.40. The highest BCUT2D eigenvalue weighted by Gasteiger charge is 2.22. The van der Waals surface area contributed by atoms with Gasteiger partial charge in [0.15, 0.2) is 12.0 Å². The van der Waals surface area contributed by atoms with Crippen LogP contribution in [0.2, 0.25) is 0 Å². The molecule has 0 radical (unpaired) electrons. The number of hydrogen-bond donors (Lipinski definition) is 2. The lowest BCUT2D eigenvalue weighted by atomic mass is 9.96. The number of methoxy groups -OCH3 is 1. The Labute approximate surface area is 125 Å². The van der Waals surface area contributed by atoms with Crippen molar-refractivity contribution in [1.82, 2.24) is 5.32 Å². The van der Waals surface area contributed by atoms with Crippen molar-refractivity contribution >= 4 is 11.9 Å². The quantitative estimate of drug-likeness (QED) is 0.506. The van der Waals surface area contributed by atoms with Crippen LogP contribution in [0.1, 0.15) is 43.7 Å². The van der Waals surface area contributed by atoms with E-state index in [0.717, 1.165) is 18.4 Å². The van der Waals surface area contributed by atoms with Gasteiger partial charge in [0.25, 0.3) is 0 Å². The lowest BCUT2D eigenvalue weighted by Gasteiger charge is -2.21. The third kappa shape index (κ3) is 4.48. The zero-order valence-electron chi connectivity index (χ0n) is 12.4. The number of nitrogens with one attached hydrogen (secondary N) is 1. The van der Waals surface area contributed by atoms with Crippen molar-refractivity contribution < 1.29 is 9.53 Å². The molecule has 5 nitrogen and oxygen atoms in total. The van der Waals surface area contributed by atoms with E-state index in [4.69, 9.17) is 10.5 Å². The highest BCUT2D eigenvalue weighted by Crippen LogP contribution is 2.20. The number of guanidine groups is 1. The molecule has 1 fully saturated rings. The summed E-state index contributed by atoms with van der Waals surface area (Å²) in [6.07, 6.45) is 5.79. The number of benzene rings is 1. The summed E-state index contributed by atoms with van der Waals surface area (Å²) in [5.41, 5.74) is 6.78. The topological polar surface area (TPSA) is 76.7 Å². The average Bonchev–Trinajstić information content (AvgIpc) is 2.53. The Morgan fingerprint density at radius 3 is 2.57 bits per heavy atom. The fraction of sp³-hybridized carbons (Fsp3) is 0.500. The Morgan fingerprint density at radius 2 is 1.95 bits per heavy atom. The number of hydrogen-bond acceptors (Lipinski definition) is 3. The largest absolute Gasteiger partial charge is 0.467 e. The minimum absolute atomic E-state index is 0.264. The minimum Gasteiger partial charge on any atom is -0.467 e. The van der Waals surface area contributed by atoms with E-state index in [0.29, 0.717) is 5.96 Å². The molecule has 1 saturated carbocycles. The Kier molecular flexibility index (Phi) is 5.60. The Bertz CT molecular complexity index is 482. The van der Waals surface area contributed by atoms with Crippen LogP contribution in [0.15, 0.2) is 35.3 Å². The maximum absolute atomic E-state index is 11.9. The van der Waals surface area contributed by atoms with E-state index in [-0.39, 0.29) is 12.0 Å². The Morgan fingerprint density at radius 1 is 1.29 bits per heavy atom. The number of nitrogens with two attached hydrogens (primary N) is 1. The van der Waals surface area contributed by atoms with Gasteiger partial charge in [-0.15, -0.1) is 0 Å². The molecule has 2 rings (SSSR count). The van der Waals surface area contributed by atoms with Crippen LogP contribution < -0.4 is 11.1 Å². The third-order valence-corrected chi connectivity index (χ3v) is 3.76. The first-order chi connectivity index (χ1) is 10.2. The molecule has 1 atom stereocenters. The van der Waals surface area contributed by atoms with E-state index in [1.807, 2.05) is 30.3 Å². The average molecular weight is 289 g/mol. The zero-order valence-corrected chi connectivity index (χ0v) is 12.4. The number of rotatable bonds is 4. The van der Waals surface area contributed by atoms with E-state index in [2.05, 4.69) is 10.3 Å². The van der Waals surface area contributed by atoms with Gasteiger partial charge in [-0.3, -0.25) is 4.99 Å². The van der Waals surface area contributed by atoms with Crippen LogP contribution in [-0.4, -0.2) is 25.1 Å². The van der Waals surface area contributed by atoms with Crippen LogP contribution in [0.4, 0.5) is 0 Å². The van der Waals surface area contributed by atoms with Crippen molar-refractivity contribution in [3.05, 3.63) is 35.9 Å². The standard InChI is InChI=1S/C16H23N3O2/c1-21-15(20)14(12-8-4-2-5-9-12)19-16(17)18-13-10-6-3-7-11-13/h2,4-5,8-9,13-14H,3,6-7,10-11H2,1H3,(H3,17,18,19). The van der Waals surface area contributed by atoms with Crippen molar-refractivity contribution in [1.29, 1.82) is 0 Å². The second kappa shape index (κ2) is 7.67. The highest BCUT2D eigenvalue weighted by atomic mass is 16.5. The van der Waals surface area contributed by atoms with Crippen LogP contribution >= 0.6 is 0 Å². The summed E-state index contributed by atoms with van der Waals surface area (Å²) >= 11 is 0. The van der Waals surface area contributed by atoms with Gasteiger partial charge in [0.2, 0.25) is 0 Å². The maximum atomic E-state index is 11.9. The second-order valence-electron chi connectivity index (χ2n) is 5.32. The molecule has 1 aromatic rings. The summed E-state index contributed by atoms with van der Waals surface area (Å²) in [7, 11) is 1.37. The molecule has 0 aliphatic heterocycles. The predicted molar refractivity (Wildman–Crippen MR) is 82.8 cm³/mol. The molecule has 1 unspecified atom stereocenters. The monoisotopic (exact) mass is 289 g/mol. The highest BCUT2D eigenvalue weighted by molar-refractivity contribution is 5.86. The van der Waals surface area contributed by atoms with E-state index < -0.39 is 6.04 Å². The van der Waals surface area contributed by atoms with Crippen LogP contribution in [-0.2, 0) is 9.53 Å². The zero-order chi connectivity index (χ0) is 15.1. The Balaban J connectivity index is 2.07. The van der Waals surface area contributed by atoms with Crippen molar-refractivity contribution in [2.45, 2.75) is 44.2 Å². The molecule has 3 N–H and O–H groups in total. The number of nitrogens with zero attached hydrogens (tertiary/aromatic N) is 1. The molecular weight excluding hydrogens is 266 g/mol. The summed E-state index contributed by atoms with van der Waals surface area (Å²) in [4.78, 5) is 16.4. The molecular formula is C16H23N3O2. The number of esters is 1. The first-order valence-corrected chi connectivity index (χ1v) is 7.43. The van der Waals surface area contributed by atoms with E-state index >= 15 is 0 Å². The molecule has 0 heterocycles. The first kappa shape index (κ1) is 15.4. The SMILES string of the molecule is COC(=O)C(NC(N)=NC1CCCCC1)c1ccccc1. The number of aliphatic imine (C=N–C) groups is 1.